The van der Waals surface area contributed by atoms with Crippen LogP contribution >= 0.6 is 95.6 Å². The van der Waals surface area contributed by atoms with Crippen LogP contribution in [0.15, 0.2) is 15.7 Å². The lowest BCUT2D eigenvalue weighted by atomic mass is 10.6. The molecule has 0 amide bonds. The van der Waals surface area contributed by atoms with Gasteiger partial charge in [0.15, 0.2) is 0 Å². The van der Waals surface area contributed by atoms with Crippen LogP contribution in [-0.2, 0) is 4.74 Å². The lowest BCUT2D eigenvalue weighted by Crippen LogP contribution is -1.97. The third kappa shape index (κ3) is 8.16. The first-order valence-electron chi connectivity index (χ1n) is 2.92. The van der Waals surface area contributed by atoms with Crippen molar-refractivity contribution in [2.45, 2.75) is 0 Å². The van der Waals surface area contributed by atoms with Crippen molar-refractivity contribution < 1.29 is 4.74 Å². The van der Waals surface area contributed by atoms with Gasteiger partial charge in [0.1, 0.15) is 0 Å². The molecule has 0 spiro atoms. The zero-order valence-electron chi connectivity index (χ0n) is 6.09. The highest BCUT2D eigenvalue weighted by atomic mass is 79.9. The fourth-order valence-electron chi connectivity index (χ4n) is 0.339. The van der Waals surface area contributed by atoms with E-state index in [1.54, 1.807) is 0 Å². The van der Waals surface area contributed by atoms with E-state index in [0.717, 1.165) is 15.7 Å². The van der Waals surface area contributed by atoms with Gasteiger partial charge in [-0.3, -0.25) is 0 Å². The molecule has 0 aliphatic carbocycles. The van der Waals surface area contributed by atoms with E-state index in [0.29, 0.717) is 13.2 Å². The van der Waals surface area contributed by atoms with Gasteiger partial charge < -0.3 is 4.74 Å². The summed E-state index contributed by atoms with van der Waals surface area (Å²) in [6.45, 7) is 1.02. The summed E-state index contributed by atoms with van der Waals surface area (Å²) in [6.07, 6.45) is 0. The van der Waals surface area contributed by atoms with Crippen LogP contribution in [0, 0.1) is 0 Å². The number of hydrogen-bond acceptors (Lipinski definition) is 1. The summed E-state index contributed by atoms with van der Waals surface area (Å²) in [5.41, 5.74) is 0. The van der Waals surface area contributed by atoms with Crippen molar-refractivity contribution in [3.8, 4) is 0 Å². The topological polar surface area (TPSA) is 9.23 Å². The second kappa shape index (κ2) is 8.47. The molecule has 1 nitrogen and oxygen atoms in total. The SMILES string of the molecule is BrC(Br)=C(Br)COCC(Br)=C(Br)Br. The first-order valence-corrected chi connectivity index (χ1v) is 7.68. The molecule has 76 valence electrons. The van der Waals surface area contributed by atoms with Gasteiger partial charge in [-0.25, -0.2) is 0 Å². The fourth-order valence-corrected chi connectivity index (χ4v) is 1.12. The van der Waals surface area contributed by atoms with Crippen LogP contribution in [0.4, 0.5) is 0 Å². The van der Waals surface area contributed by atoms with Crippen molar-refractivity contribution in [2.24, 2.45) is 0 Å². The summed E-state index contributed by atoms with van der Waals surface area (Å²) >= 11 is 19.7. The predicted molar refractivity (Wildman–Crippen MR) is 78.4 cm³/mol. The van der Waals surface area contributed by atoms with Crippen LogP contribution in [0.3, 0.4) is 0 Å². The molecule has 0 saturated carbocycles. The number of halogens is 6. The third-order valence-electron chi connectivity index (χ3n) is 0.868. The van der Waals surface area contributed by atoms with Gasteiger partial charge in [-0.05, 0) is 63.7 Å². The summed E-state index contributed by atoms with van der Waals surface area (Å²) < 4.78 is 8.93. The summed E-state index contributed by atoms with van der Waals surface area (Å²) in [6, 6.07) is 0. The smallest absolute Gasteiger partial charge is 0.0803 e. The molecular formula is C6H4Br6O. The molecule has 0 heterocycles. The highest BCUT2D eigenvalue weighted by molar-refractivity contribution is 9.29. The van der Waals surface area contributed by atoms with E-state index >= 15 is 0 Å². The summed E-state index contributed by atoms with van der Waals surface area (Å²) in [5.74, 6) is 0. The second-order valence-electron chi connectivity index (χ2n) is 1.82. The summed E-state index contributed by atoms with van der Waals surface area (Å²) in [7, 11) is 0. The second-order valence-corrected chi connectivity index (χ2v) is 9.04. The summed E-state index contributed by atoms with van der Waals surface area (Å²) in [4.78, 5) is 0. The van der Waals surface area contributed by atoms with Crippen LogP contribution in [0.1, 0.15) is 0 Å². The van der Waals surface area contributed by atoms with Crippen LogP contribution < -0.4 is 0 Å². The minimum atomic E-state index is 0.508. The van der Waals surface area contributed by atoms with Crippen LogP contribution in [0.25, 0.3) is 0 Å². The van der Waals surface area contributed by atoms with Crippen molar-refractivity contribution >= 4 is 95.6 Å². The predicted octanol–water partition coefficient (Wildman–Crippen LogP) is 5.71. The molecule has 7 heteroatoms. The van der Waals surface area contributed by atoms with Gasteiger partial charge in [-0.15, -0.1) is 0 Å². The molecule has 0 aliphatic rings. The Morgan fingerprint density at radius 1 is 0.692 bits per heavy atom. The molecule has 0 radical (unpaired) electrons. The standard InChI is InChI=1S/C6H4Br6O/c7-3(5(9)10)1-13-2-4(8)6(11)12/h1-2H2. The van der Waals surface area contributed by atoms with Gasteiger partial charge in [0.25, 0.3) is 0 Å². The van der Waals surface area contributed by atoms with Gasteiger partial charge in [0.05, 0.1) is 20.0 Å². The van der Waals surface area contributed by atoms with E-state index in [2.05, 4.69) is 95.6 Å². The molecule has 0 rings (SSSR count). The maximum absolute atomic E-state index is 5.35. The molecule has 0 N–H and O–H groups in total. The Bertz CT molecular complexity index is 201. The third-order valence-corrected chi connectivity index (χ3v) is 6.16. The highest BCUT2D eigenvalue weighted by Gasteiger charge is 2.00. The zero-order chi connectivity index (χ0) is 10.4. The molecule has 0 unspecified atom stereocenters. The Morgan fingerprint density at radius 3 is 1.23 bits per heavy atom. The molecule has 0 saturated heterocycles. The van der Waals surface area contributed by atoms with E-state index in [4.69, 9.17) is 4.74 Å². The molecule has 0 aliphatic heterocycles. The van der Waals surface area contributed by atoms with E-state index in [1.165, 1.54) is 0 Å². The normalized spacial score (nSPS) is 9.69. The van der Waals surface area contributed by atoms with E-state index in [9.17, 15) is 0 Å². The molecule has 0 aromatic rings. The number of hydrogen-bond donors (Lipinski definition) is 0. The highest BCUT2D eigenvalue weighted by Crippen LogP contribution is 2.26. The largest absolute Gasteiger partial charge is 0.371 e. The van der Waals surface area contributed by atoms with Crippen molar-refractivity contribution in [1.29, 1.82) is 0 Å². The minimum absolute atomic E-state index is 0.508. The first-order chi connectivity index (χ1) is 5.95. The van der Waals surface area contributed by atoms with Gasteiger partial charge in [0, 0.05) is 8.96 Å². The lowest BCUT2D eigenvalue weighted by Gasteiger charge is -2.03. The quantitative estimate of drug-likeness (QED) is 0.420. The Balaban J connectivity index is 3.83. The van der Waals surface area contributed by atoms with Gasteiger partial charge >= 0.3 is 0 Å². The molecule has 0 aromatic heterocycles. The minimum Gasteiger partial charge on any atom is -0.371 e. The first kappa shape index (κ1) is 15.3. The molecule has 13 heavy (non-hydrogen) atoms. The van der Waals surface area contributed by atoms with Gasteiger partial charge in [-0.2, -0.15) is 0 Å². The number of ether oxygens (including phenoxy) is 1. The molecular weight excluding hydrogens is 567 g/mol. The number of rotatable bonds is 4. The Hall–Kier alpha value is 2.32. The molecule has 0 bridgehead atoms. The molecule has 0 atom stereocenters. The van der Waals surface area contributed by atoms with Crippen molar-refractivity contribution in [2.75, 3.05) is 13.2 Å². The Labute approximate surface area is 128 Å². The summed E-state index contributed by atoms with van der Waals surface area (Å²) in [5, 5.41) is 0. The maximum Gasteiger partial charge on any atom is 0.0803 e. The maximum atomic E-state index is 5.35. The van der Waals surface area contributed by atoms with Crippen molar-refractivity contribution in [1.82, 2.24) is 0 Å². The van der Waals surface area contributed by atoms with Crippen LogP contribution in [-0.4, -0.2) is 13.2 Å². The van der Waals surface area contributed by atoms with Gasteiger partial charge in [-0.1, -0.05) is 31.9 Å². The molecule has 0 aromatic carbocycles. The monoisotopic (exact) mass is 566 g/mol. The van der Waals surface area contributed by atoms with Crippen LogP contribution in [0.2, 0.25) is 0 Å². The van der Waals surface area contributed by atoms with Crippen molar-refractivity contribution in [3.63, 3.8) is 0 Å². The molecule has 0 fully saturated rings. The lowest BCUT2D eigenvalue weighted by molar-refractivity contribution is 0.191. The van der Waals surface area contributed by atoms with E-state index < -0.39 is 0 Å². The Morgan fingerprint density at radius 2 is 1.00 bits per heavy atom. The zero-order valence-corrected chi connectivity index (χ0v) is 15.6. The average molecular weight is 572 g/mol. The van der Waals surface area contributed by atoms with Crippen LogP contribution in [0.5, 0.6) is 0 Å². The van der Waals surface area contributed by atoms with Crippen molar-refractivity contribution in [3.05, 3.63) is 15.7 Å². The Kier molecular flexibility index (Phi) is 9.98. The van der Waals surface area contributed by atoms with E-state index in [1.807, 2.05) is 0 Å². The fraction of sp³-hybridized carbons (Fsp3) is 0.333. The average Bonchev–Trinajstić information content (AvgIpc) is 2.03. The van der Waals surface area contributed by atoms with E-state index in [-0.39, 0.29) is 0 Å². The van der Waals surface area contributed by atoms with Gasteiger partial charge in [0.2, 0.25) is 0 Å².